The monoisotopic (exact) mass is 273 g/mol. The van der Waals surface area contributed by atoms with Gasteiger partial charge in [-0.2, -0.15) is 5.10 Å². The van der Waals surface area contributed by atoms with Crippen LogP contribution in [0.15, 0.2) is 14.6 Å². The third-order valence-electron chi connectivity index (χ3n) is 2.23. The zero-order chi connectivity index (χ0) is 13.5. The van der Waals surface area contributed by atoms with Gasteiger partial charge in [0.15, 0.2) is 5.03 Å². The number of aromatic nitrogens is 3. The van der Waals surface area contributed by atoms with Gasteiger partial charge in [0.2, 0.25) is 0 Å². The van der Waals surface area contributed by atoms with Crippen molar-refractivity contribution in [1.82, 2.24) is 15.2 Å². The lowest BCUT2D eigenvalue weighted by Crippen LogP contribution is -2.25. The molecule has 0 aromatic carbocycles. The van der Waals surface area contributed by atoms with Gasteiger partial charge in [-0.05, 0) is 5.92 Å². The molecule has 1 aromatic rings. The summed E-state index contributed by atoms with van der Waals surface area (Å²) < 4.78 is 5.01. The largest absolute Gasteiger partial charge is 0.465 e. The Morgan fingerprint density at radius 2 is 2.22 bits per heavy atom. The molecule has 0 radical (unpaired) electrons. The highest BCUT2D eigenvalue weighted by Crippen LogP contribution is 2.09. The fraction of sp³-hybridized carbons (Fsp3) is 0.600. The molecule has 7 nitrogen and oxygen atoms in total. The van der Waals surface area contributed by atoms with Crippen LogP contribution in [0, 0.1) is 5.92 Å². The van der Waals surface area contributed by atoms with Crippen LogP contribution >= 0.6 is 11.8 Å². The number of carbonyl (C=O) groups is 1. The summed E-state index contributed by atoms with van der Waals surface area (Å²) in [6, 6.07) is 0. The van der Waals surface area contributed by atoms with Crippen LogP contribution in [0.1, 0.15) is 20.3 Å². The molecule has 100 valence electrons. The number of hydrogen-bond donors (Lipinski definition) is 2. The third-order valence-corrected chi connectivity index (χ3v) is 3.16. The van der Waals surface area contributed by atoms with Gasteiger partial charge in [-0.3, -0.25) is 14.6 Å². The van der Waals surface area contributed by atoms with E-state index in [0.717, 1.165) is 18.2 Å². The first-order valence-electron chi connectivity index (χ1n) is 5.50. The first-order chi connectivity index (χ1) is 8.52. The minimum Gasteiger partial charge on any atom is -0.465 e. The quantitative estimate of drug-likeness (QED) is 0.564. The van der Waals surface area contributed by atoms with Gasteiger partial charge >= 0.3 is 11.7 Å². The predicted molar refractivity (Wildman–Crippen MR) is 66.6 cm³/mol. The van der Waals surface area contributed by atoms with Gasteiger partial charge in [0.05, 0.1) is 12.4 Å². The first-order valence-corrected chi connectivity index (χ1v) is 6.49. The molecule has 18 heavy (non-hydrogen) atoms. The van der Waals surface area contributed by atoms with Crippen LogP contribution in [-0.4, -0.2) is 33.5 Å². The van der Waals surface area contributed by atoms with Crippen molar-refractivity contribution >= 4 is 17.7 Å². The van der Waals surface area contributed by atoms with E-state index in [-0.39, 0.29) is 10.8 Å². The molecule has 0 aliphatic carbocycles. The third kappa shape index (κ3) is 4.74. The van der Waals surface area contributed by atoms with Crippen LogP contribution in [0.25, 0.3) is 0 Å². The second-order valence-corrected chi connectivity index (χ2v) is 4.76. The van der Waals surface area contributed by atoms with Gasteiger partial charge in [0, 0.05) is 0 Å². The summed E-state index contributed by atoms with van der Waals surface area (Å²) in [7, 11) is 0. The van der Waals surface area contributed by atoms with Gasteiger partial charge in [-0.25, -0.2) is 9.89 Å². The Morgan fingerprint density at radius 3 is 2.83 bits per heavy atom. The Hall–Kier alpha value is -1.57. The Morgan fingerprint density at radius 1 is 1.50 bits per heavy atom. The minimum atomic E-state index is -0.677. The van der Waals surface area contributed by atoms with E-state index >= 15 is 0 Å². The Kier molecular flexibility index (Phi) is 5.63. The van der Waals surface area contributed by atoms with Gasteiger partial charge in [-0.1, -0.05) is 32.0 Å². The van der Waals surface area contributed by atoms with Crippen LogP contribution in [-0.2, 0) is 9.53 Å². The molecule has 1 rings (SSSR count). The minimum absolute atomic E-state index is 0.0153. The maximum absolute atomic E-state index is 11.4. The number of aromatic amines is 2. The van der Waals surface area contributed by atoms with E-state index in [1.54, 1.807) is 0 Å². The molecule has 1 atom stereocenters. The van der Waals surface area contributed by atoms with Crippen molar-refractivity contribution in [3.63, 3.8) is 0 Å². The van der Waals surface area contributed by atoms with Gasteiger partial charge in [0.25, 0.3) is 5.56 Å². The van der Waals surface area contributed by atoms with Crippen molar-refractivity contribution in [2.24, 2.45) is 5.92 Å². The van der Waals surface area contributed by atoms with E-state index < -0.39 is 17.2 Å². The van der Waals surface area contributed by atoms with E-state index in [2.05, 4.69) is 10.2 Å². The van der Waals surface area contributed by atoms with E-state index in [4.69, 9.17) is 4.74 Å². The van der Waals surface area contributed by atoms with Gasteiger partial charge < -0.3 is 4.74 Å². The van der Waals surface area contributed by atoms with Gasteiger partial charge in [0.1, 0.15) is 0 Å². The molecule has 0 aliphatic rings. The van der Waals surface area contributed by atoms with Crippen molar-refractivity contribution in [2.45, 2.75) is 25.3 Å². The highest BCUT2D eigenvalue weighted by molar-refractivity contribution is 7.99. The topological polar surface area (TPSA) is 105 Å². The standard InChI is InChI=1S/C10H15N3O4S/c1-3-6(2)4-17-7(14)5-18-9-8(15)11-10(16)13-12-9/h6H,3-5H2,1-2H3,(H2,11,13,15,16). The number of H-pyrrole nitrogens is 2. The van der Waals surface area contributed by atoms with Crippen molar-refractivity contribution in [3.8, 4) is 0 Å². The van der Waals surface area contributed by atoms with Crippen molar-refractivity contribution in [3.05, 3.63) is 20.8 Å². The zero-order valence-corrected chi connectivity index (χ0v) is 11.0. The van der Waals surface area contributed by atoms with Crippen LogP contribution < -0.4 is 11.2 Å². The Labute approximate surface area is 107 Å². The summed E-state index contributed by atoms with van der Waals surface area (Å²) in [6.07, 6.45) is 0.932. The summed E-state index contributed by atoms with van der Waals surface area (Å²) >= 11 is 0.924. The number of nitrogens with one attached hydrogen (secondary N) is 2. The molecule has 0 saturated carbocycles. The lowest BCUT2D eigenvalue weighted by atomic mass is 10.1. The summed E-state index contributed by atoms with van der Waals surface area (Å²) in [5.41, 5.74) is -1.29. The smallest absolute Gasteiger partial charge is 0.342 e. The molecule has 1 aromatic heterocycles. The molecule has 8 heteroatoms. The lowest BCUT2D eigenvalue weighted by Gasteiger charge is -2.08. The second-order valence-electron chi connectivity index (χ2n) is 3.80. The molecule has 0 spiro atoms. The fourth-order valence-corrected chi connectivity index (χ4v) is 1.59. The molecule has 0 aliphatic heterocycles. The first kappa shape index (κ1) is 14.5. The highest BCUT2D eigenvalue weighted by Gasteiger charge is 2.10. The average Bonchev–Trinajstić information content (AvgIpc) is 2.34. The normalized spacial score (nSPS) is 12.1. The van der Waals surface area contributed by atoms with Crippen LogP contribution in [0.5, 0.6) is 0 Å². The number of ether oxygens (including phenoxy) is 1. The molecule has 2 N–H and O–H groups in total. The van der Waals surface area contributed by atoms with E-state index in [1.165, 1.54) is 0 Å². The number of rotatable bonds is 6. The summed E-state index contributed by atoms with van der Waals surface area (Å²) in [6.45, 7) is 4.36. The molecule has 0 saturated heterocycles. The lowest BCUT2D eigenvalue weighted by molar-refractivity contribution is -0.141. The maximum atomic E-state index is 11.4. The maximum Gasteiger partial charge on any atom is 0.342 e. The van der Waals surface area contributed by atoms with Gasteiger partial charge in [-0.15, -0.1) is 0 Å². The average molecular weight is 273 g/mol. The van der Waals surface area contributed by atoms with E-state index in [9.17, 15) is 14.4 Å². The summed E-state index contributed by atoms with van der Waals surface area (Å²) in [5, 5.41) is 5.66. The summed E-state index contributed by atoms with van der Waals surface area (Å²) in [4.78, 5) is 35.4. The Bertz CT molecular complexity index is 510. The van der Waals surface area contributed by atoms with E-state index in [0.29, 0.717) is 12.5 Å². The summed E-state index contributed by atoms with van der Waals surface area (Å²) in [5.74, 6) is -0.111. The predicted octanol–water partition coefficient (Wildman–Crippen LogP) is 0.140. The van der Waals surface area contributed by atoms with Crippen LogP contribution in [0.4, 0.5) is 0 Å². The number of hydrogen-bond acceptors (Lipinski definition) is 6. The Balaban J connectivity index is 2.43. The number of esters is 1. The molecule has 0 bridgehead atoms. The molecule has 0 fully saturated rings. The molecule has 0 amide bonds. The zero-order valence-electron chi connectivity index (χ0n) is 10.2. The fourth-order valence-electron chi connectivity index (χ4n) is 0.957. The number of thioether (sulfide) groups is 1. The molecular weight excluding hydrogens is 258 g/mol. The number of carbonyl (C=O) groups excluding carboxylic acids is 1. The van der Waals surface area contributed by atoms with Crippen LogP contribution in [0.2, 0.25) is 0 Å². The van der Waals surface area contributed by atoms with Crippen molar-refractivity contribution in [2.75, 3.05) is 12.4 Å². The molecule has 1 heterocycles. The van der Waals surface area contributed by atoms with E-state index in [1.807, 2.05) is 18.8 Å². The van der Waals surface area contributed by atoms with Crippen LogP contribution in [0.3, 0.4) is 0 Å². The molecular formula is C10H15N3O4S. The molecule has 1 unspecified atom stereocenters. The SMILES string of the molecule is CCC(C)COC(=O)CSc1n[nH]c(=O)[nH]c1=O. The second kappa shape index (κ2) is 7.00. The van der Waals surface area contributed by atoms with Crippen molar-refractivity contribution < 1.29 is 9.53 Å². The van der Waals surface area contributed by atoms with Crippen molar-refractivity contribution in [1.29, 1.82) is 0 Å². The highest BCUT2D eigenvalue weighted by atomic mass is 32.2. The number of nitrogens with zero attached hydrogens (tertiary/aromatic N) is 1.